The van der Waals surface area contributed by atoms with E-state index in [-0.39, 0.29) is 17.3 Å². The van der Waals surface area contributed by atoms with Crippen molar-refractivity contribution in [2.45, 2.75) is 30.2 Å². The summed E-state index contributed by atoms with van der Waals surface area (Å²) in [5.74, 6) is 0.477. The molecule has 1 N–H and O–H groups in total. The van der Waals surface area contributed by atoms with Crippen molar-refractivity contribution >= 4 is 32.8 Å². The first-order valence-electron chi connectivity index (χ1n) is 8.83. The number of nitrogens with zero attached hydrogens (tertiary/aromatic N) is 1. The predicted molar refractivity (Wildman–Crippen MR) is 103 cm³/mol. The smallest absolute Gasteiger partial charge is 0.238 e. The standard InChI is InChI=1S/C19H22N2O3S2/c1-26(23,24)17-5-3-2-4-15(17)20-18(22)12-21-10-8-16-14(9-11-25-16)19(21)13-6-7-13/h2-5,9,11,13,19H,6-8,10,12H2,1H3,(H,20,22)/t19-/m0/s1. The number of amides is 1. The number of benzene rings is 1. The van der Waals surface area contributed by atoms with E-state index in [4.69, 9.17) is 0 Å². The highest BCUT2D eigenvalue weighted by atomic mass is 32.2. The van der Waals surface area contributed by atoms with Crippen LogP contribution >= 0.6 is 11.3 Å². The topological polar surface area (TPSA) is 66.5 Å². The predicted octanol–water partition coefficient (Wildman–Crippen LogP) is 3.10. The third-order valence-corrected chi connectivity index (χ3v) is 7.25. The molecule has 0 spiro atoms. The lowest BCUT2D eigenvalue weighted by molar-refractivity contribution is -0.118. The summed E-state index contributed by atoms with van der Waals surface area (Å²) in [6, 6.07) is 9.08. The average molecular weight is 391 g/mol. The van der Waals surface area contributed by atoms with Gasteiger partial charge >= 0.3 is 0 Å². The van der Waals surface area contributed by atoms with Gasteiger partial charge in [0.25, 0.3) is 0 Å². The molecule has 1 aliphatic carbocycles. The molecule has 1 saturated carbocycles. The van der Waals surface area contributed by atoms with Crippen molar-refractivity contribution in [3.8, 4) is 0 Å². The molecule has 1 aromatic heterocycles. The van der Waals surface area contributed by atoms with E-state index in [9.17, 15) is 13.2 Å². The van der Waals surface area contributed by atoms with Gasteiger partial charge in [-0.15, -0.1) is 11.3 Å². The molecule has 1 amide bonds. The van der Waals surface area contributed by atoms with Gasteiger partial charge in [-0.3, -0.25) is 9.69 Å². The van der Waals surface area contributed by atoms with E-state index < -0.39 is 9.84 Å². The summed E-state index contributed by atoms with van der Waals surface area (Å²) in [6.07, 6.45) is 4.57. The van der Waals surface area contributed by atoms with Crippen molar-refractivity contribution < 1.29 is 13.2 Å². The van der Waals surface area contributed by atoms with Crippen LogP contribution < -0.4 is 5.32 Å². The van der Waals surface area contributed by atoms with Gasteiger partial charge in [0, 0.05) is 23.7 Å². The van der Waals surface area contributed by atoms with E-state index in [2.05, 4.69) is 21.7 Å². The molecule has 2 aromatic rings. The van der Waals surface area contributed by atoms with E-state index in [1.54, 1.807) is 18.2 Å². The van der Waals surface area contributed by atoms with Gasteiger partial charge in [-0.05, 0) is 54.3 Å². The number of hydrogen-bond donors (Lipinski definition) is 1. The quantitative estimate of drug-likeness (QED) is 0.852. The first-order chi connectivity index (χ1) is 12.4. The Bertz CT molecular complexity index is 932. The maximum absolute atomic E-state index is 12.7. The van der Waals surface area contributed by atoms with Gasteiger partial charge in [-0.1, -0.05) is 12.1 Å². The number of thiophene rings is 1. The number of nitrogens with one attached hydrogen (secondary N) is 1. The Hall–Kier alpha value is -1.70. The van der Waals surface area contributed by atoms with Crippen LogP contribution in [0.4, 0.5) is 5.69 Å². The molecule has 0 bridgehead atoms. The summed E-state index contributed by atoms with van der Waals surface area (Å²) < 4.78 is 23.8. The Balaban J connectivity index is 1.51. The van der Waals surface area contributed by atoms with Crippen LogP contribution in [0.15, 0.2) is 40.6 Å². The van der Waals surface area contributed by atoms with E-state index in [1.807, 2.05) is 11.3 Å². The Morgan fingerprint density at radius 3 is 2.77 bits per heavy atom. The summed E-state index contributed by atoms with van der Waals surface area (Å²) >= 11 is 1.81. The molecule has 1 aromatic carbocycles. The largest absolute Gasteiger partial charge is 0.324 e. The highest BCUT2D eigenvalue weighted by Crippen LogP contribution is 2.48. The molecule has 138 valence electrons. The van der Waals surface area contributed by atoms with Gasteiger partial charge in [0.2, 0.25) is 5.91 Å². The number of carbonyl (C=O) groups excluding carboxylic acids is 1. The highest BCUT2D eigenvalue weighted by Gasteiger charge is 2.40. The van der Waals surface area contributed by atoms with Crippen LogP contribution in [0.5, 0.6) is 0 Å². The number of fused-ring (bicyclic) bond motifs is 1. The molecule has 2 aliphatic rings. The van der Waals surface area contributed by atoms with Gasteiger partial charge in [-0.2, -0.15) is 0 Å². The van der Waals surface area contributed by atoms with Crippen LogP contribution in [0, 0.1) is 5.92 Å². The minimum absolute atomic E-state index is 0.158. The van der Waals surface area contributed by atoms with Crippen LogP contribution in [0.3, 0.4) is 0 Å². The summed E-state index contributed by atoms with van der Waals surface area (Å²) in [7, 11) is -3.39. The molecule has 5 nitrogen and oxygen atoms in total. The number of hydrogen-bond acceptors (Lipinski definition) is 5. The lowest BCUT2D eigenvalue weighted by Gasteiger charge is -2.35. The van der Waals surface area contributed by atoms with Crippen LogP contribution in [-0.4, -0.2) is 38.6 Å². The molecule has 1 atom stereocenters. The maximum Gasteiger partial charge on any atom is 0.238 e. The zero-order valence-corrected chi connectivity index (χ0v) is 16.3. The van der Waals surface area contributed by atoms with Crippen LogP contribution in [0.2, 0.25) is 0 Å². The molecular formula is C19H22N2O3S2. The lowest BCUT2D eigenvalue weighted by atomic mass is 9.96. The first kappa shape index (κ1) is 17.7. The van der Waals surface area contributed by atoms with Crippen molar-refractivity contribution in [2.24, 2.45) is 5.92 Å². The molecule has 0 radical (unpaired) electrons. The second-order valence-electron chi connectivity index (χ2n) is 7.12. The fraction of sp³-hybridized carbons (Fsp3) is 0.421. The number of rotatable bonds is 5. The molecular weight excluding hydrogens is 368 g/mol. The maximum atomic E-state index is 12.7. The van der Waals surface area contributed by atoms with Crippen LogP contribution in [0.1, 0.15) is 29.3 Å². The monoisotopic (exact) mass is 390 g/mol. The molecule has 7 heteroatoms. The third kappa shape index (κ3) is 3.56. The first-order valence-corrected chi connectivity index (χ1v) is 11.6. The molecule has 0 unspecified atom stereocenters. The molecule has 2 heterocycles. The van der Waals surface area contributed by atoms with Crippen molar-refractivity contribution in [2.75, 3.05) is 24.7 Å². The fourth-order valence-electron chi connectivity index (χ4n) is 3.81. The van der Waals surface area contributed by atoms with E-state index in [0.29, 0.717) is 17.6 Å². The summed E-state index contributed by atoms with van der Waals surface area (Å²) in [6.45, 7) is 1.16. The number of para-hydroxylation sites is 1. The normalized spacial score (nSPS) is 20.6. The SMILES string of the molecule is CS(=O)(=O)c1ccccc1NC(=O)CN1CCc2sccc2[C@@H]1C1CC1. The van der Waals surface area contributed by atoms with Crippen molar-refractivity contribution in [3.05, 3.63) is 46.2 Å². The number of anilines is 1. The van der Waals surface area contributed by atoms with Crippen molar-refractivity contribution in [1.82, 2.24) is 4.90 Å². The average Bonchev–Trinajstić information content (AvgIpc) is 3.30. The Kier molecular flexibility index (Phi) is 4.62. The zero-order chi connectivity index (χ0) is 18.3. The minimum Gasteiger partial charge on any atom is -0.324 e. The lowest BCUT2D eigenvalue weighted by Crippen LogP contribution is -2.41. The minimum atomic E-state index is -3.39. The van der Waals surface area contributed by atoms with Crippen molar-refractivity contribution in [1.29, 1.82) is 0 Å². The third-order valence-electron chi connectivity index (χ3n) is 5.09. The Labute approximate surface area is 157 Å². The summed E-state index contributed by atoms with van der Waals surface area (Å²) in [5.41, 5.74) is 1.74. The molecule has 0 saturated heterocycles. The van der Waals surface area contributed by atoms with Crippen molar-refractivity contribution in [3.63, 3.8) is 0 Å². The van der Waals surface area contributed by atoms with Gasteiger partial charge in [0.1, 0.15) is 0 Å². The van der Waals surface area contributed by atoms with E-state index in [1.165, 1.54) is 29.3 Å². The second kappa shape index (κ2) is 6.79. The molecule has 4 rings (SSSR count). The molecule has 26 heavy (non-hydrogen) atoms. The second-order valence-corrected chi connectivity index (χ2v) is 10.1. The summed E-state index contributed by atoms with van der Waals surface area (Å²) in [5, 5.41) is 4.95. The highest BCUT2D eigenvalue weighted by molar-refractivity contribution is 7.90. The van der Waals surface area contributed by atoms with Gasteiger partial charge in [0.15, 0.2) is 9.84 Å². The number of sulfone groups is 1. The molecule has 1 aliphatic heterocycles. The number of carbonyl (C=O) groups is 1. The van der Waals surface area contributed by atoms with E-state index >= 15 is 0 Å². The van der Waals surface area contributed by atoms with Gasteiger partial charge in [0.05, 0.1) is 17.1 Å². The van der Waals surface area contributed by atoms with E-state index in [0.717, 1.165) is 19.2 Å². The van der Waals surface area contributed by atoms with Crippen LogP contribution in [0.25, 0.3) is 0 Å². The van der Waals surface area contributed by atoms with Crippen LogP contribution in [-0.2, 0) is 21.1 Å². The zero-order valence-electron chi connectivity index (χ0n) is 14.6. The fourth-order valence-corrected chi connectivity index (χ4v) is 5.56. The Morgan fingerprint density at radius 2 is 2.04 bits per heavy atom. The van der Waals surface area contributed by atoms with Gasteiger partial charge in [-0.25, -0.2) is 8.42 Å². The van der Waals surface area contributed by atoms with Gasteiger partial charge < -0.3 is 5.32 Å². The Morgan fingerprint density at radius 1 is 1.27 bits per heavy atom. The summed E-state index contributed by atoms with van der Waals surface area (Å²) in [4.78, 5) is 16.5. The molecule has 1 fully saturated rings.